The maximum atomic E-state index is 14.7. The number of hydrogen-bond acceptors (Lipinski definition) is 5. The number of benzene rings is 2. The van der Waals surface area contributed by atoms with E-state index in [4.69, 9.17) is 15.6 Å². The van der Waals surface area contributed by atoms with Gasteiger partial charge in [-0.1, -0.05) is 54.6 Å². The van der Waals surface area contributed by atoms with Gasteiger partial charge in [0.2, 0.25) is 0 Å². The smallest absolute Gasteiger partial charge is 0.475 e. The molecule has 0 fully saturated rings. The summed E-state index contributed by atoms with van der Waals surface area (Å²) in [6.45, 7) is 1.76. The predicted molar refractivity (Wildman–Crippen MR) is 135 cm³/mol. The van der Waals surface area contributed by atoms with Gasteiger partial charge >= 0.3 is 17.8 Å². The van der Waals surface area contributed by atoms with Crippen LogP contribution in [0.2, 0.25) is 0 Å². The van der Waals surface area contributed by atoms with Crippen molar-refractivity contribution in [2.24, 2.45) is 5.73 Å². The van der Waals surface area contributed by atoms with E-state index in [-0.39, 0.29) is 24.2 Å². The van der Waals surface area contributed by atoms with E-state index in [1.807, 2.05) is 36.4 Å². The third-order valence-electron chi connectivity index (χ3n) is 5.73. The van der Waals surface area contributed by atoms with Crippen LogP contribution in [0.25, 0.3) is 11.1 Å². The first kappa shape index (κ1) is 29.0. The molecule has 2 aromatic carbocycles. The molecule has 0 radical (unpaired) electrons. The monoisotopic (exact) mass is 544 g/mol. The Bertz CT molecular complexity index is 1550. The fraction of sp³-hybridized carbons (Fsp3) is 0.185. The molecule has 0 spiro atoms. The van der Waals surface area contributed by atoms with Crippen LogP contribution < -0.4 is 17.0 Å². The van der Waals surface area contributed by atoms with Crippen LogP contribution in [0.1, 0.15) is 23.0 Å². The molecule has 4 aromatic rings. The van der Waals surface area contributed by atoms with Crippen LogP contribution >= 0.6 is 0 Å². The minimum absolute atomic E-state index is 0.0361. The molecule has 204 valence electrons. The van der Waals surface area contributed by atoms with Gasteiger partial charge in [0, 0.05) is 23.5 Å². The number of carboxylic acid groups (broad SMARTS) is 1. The molecule has 3 N–H and O–H groups in total. The van der Waals surface area contributed by atoms with Crippen molar-refractivity contribution >= 4 is 5.97 Å². The summed E-state index contributed by atoms with van der Waals surface area (Å²) in [5, 5.41) is 7.12. The number of rotatable bonds is 6. The number of nitrogens with two attached hydrogens (primary N) is 1. The number of carbonyl (C=O) groups is 1. The van der Waals surface area contributed by atoms with E-state index in [0.29, 0.717) is 11.4 Å². The minimum Gasteiger partial charge on any atom is -0.475 e. The first-order valence-corrected chi connectivity index (χ1v) is 11.5. The average Bonchev–Trinajstić information content (AvgIpc) is 2.91. The highest BCUT2D eigenvalue weighted by atomic mass is 19.4. The Morgan fingerprint density at radius 1 is 0.974 bits per heavy atom. The lowest BCUT2D eigenvalue weighted by molar-refractivity contribution is -0.192. The summed E-state index contributed by atoms with van der Waals surface area (Å²) in [7, 11) is 0. The predicted octanol–water partition coefficient (Wildman–Crippen LogP) is 3.90. The number of carboxylic acids is 1. The van der Waals surface area contributed by atoms with Crippen LogP contribution in [0.15, 0.2) is 88.6 Å². The topological polar surface area (TPSA) is 120 Å². The van der Waals surface area contributed by atoms with E-state index in [9.17, 15) is 27.2 Å². The average molecular weight is 545 g/mol. The number of hydrogen-bond donors (Lipinski definition) is 2. The molecule has 0 saturated heterocycles. The van der Waals surface area contributed by atoms with E-state index in [2.05, 4.69) is 4.98 Å². The largest absolute Gasteiger partial charge is 0.490 e. The van der Waals surface area contributed by atoms with Crippen molar-refractivity contribution in [3.05, 3.63) is 123 Å². The Balaban J connectivity index is 0.000000532. The molecule has 0 saturated carbocycles. The van der Waals surface area contributed by atoms with Gasteiger partial charge in [0.05, 0.1) is 24.3 Å². The summed E-state index contributed by atoms with van der Waals surface area (Å²) in [4.78, 5) is 40.0. The van der Waals surface area contributed by atoms with Crippen molar-refractivity contribution in [3.8, 4) is 11.1 Å². The summed E-state index contributed by atoms with van der Waals surface area (Å²) in [6, 6.07) is 20.1. The summed E-state index contributed by atoms with van der Waals surface area (Å²) >= 11 is 0. The standard InChI is InChI=1S/C25H23FN4O2.C2HF3O2/c1-17-23(20-12-5-6-13-21(20)26)24(31)30(16-22(27)18-9-3-2-4-10-18)25(32)29(17)15-19-11-7-8-14-28-19;3-2(4,5)1(6)7/h2-14,22H,15-16,27H2,1H3;(H,6,7)/t22-;/m0./s1. The van der Waals surface area contributed by atoms with E-state index in [1.165, 1.54) is 16.7 Å². The molecule has 0 aliphatic carbocycles. The highest BCUT2D eigenvalue weighted by Gasteiger charge is 2.38. The third-order valence-corrected chi connectivity index (χ3v) is 5.73. The Morgan fingerprint density at radius 3 is 2.13 bits per heavy atom. The van der Waals surface area contributed by atoms with Gasteiger partial charge in [-0.15, -0.1) is 0 Å². The fourth-order valence-corrected chi connectivity index (χ4v) is 3.78. The Labute approximate surface area is 219 Å². The number of alkyl halides is 3. The maximum Gasteiger partial charge on any atom is 0.490 e. The van der Waals surface area contributed by atoms with Gasteiger partial charge in [0.15, 0.2) is 0 Å². The van der Waals surface area contributed by atoms with E-state index in [0.717, 1.165) is 10.1 Å². The van der Waals surface area contributed by atoms with E-state index < -0.39 is 35.3 Å². The molecule has 0 aliphatic rings. The van der Waals surface area contributed by atoms with Crippen LogP contribution in [0.4, 0.5) is 17.6 Å². The summed E-state index contributed by atoms with van der Waals surface area (Å²) < 4.78 is 49.0. The molecular weight excluding hydrogens is 520 g/mol. The van der Waals surface area contributed by atoms with Crippen molar-refractivity contribution in [3.63, 3.8) is 0 Å². The molecule has 2 aromatic heterocycles. The molecule has 2 heterocycles. The quantitative estimate of drug-likeness (QED) is 0.356. The van der Waals surface area contributed by atoms with Gasteiger partial charge in [-0.05, 0) is 30.7 Å². The second-order valence-corrected chi connectivity index (χ2v) is 8.37. The van der Waals surface area contributed by atoms with Crippen LogP contribution in [0.5, 0.6) is 0 Å². The van der Waals surface area contributed by atoms with Crippen LogP contribution in [-0.4, -0.2) is 31.4 Å². The lowest BCUT2D eigenvalue weighted by Crippen LogP contribution is -2.44. The number of halogens is 4. The molecular formula is C27H24F4N4O4. The number of aliphatic carboxylic acids is 1. The molecule has 39 heavy (non-hydrogen) atoms. The van der Waals surface area contributed by atoms with Gasteiger partial charge in [-0.2, -0.15) is 13.2 Å². The van der Waals surface area contributed by atoms with Gasteiger partial charge in [0.1, 0.15) is 5.82 Å². The van der Waals surface area contributed by atoms with Crippen LogP contribution in [-0.2, 0) is 17.9 Å². The molecule has 4 rings (SSSR count). The van der Waals surface area contributed by atoms with Crippen molar-refractivity contribution in [1.82, 2.24) is 14.1 Å². The fourth-order valence-electron chi connectivity index (χ4n) is 3.78. The zero-order valence-electron chi connectivity index (χ0n) is 20.6. The first-order valence-electron chi connectivity index (χ1n) is 11.5. The molecule has 8 nitrogen and oxygen atoms in total. The highest BCUT2D eigenvalue weighted by Crippen LogP contribution is 2.23. The van der Waals surface area contributed by atoms with Gasteiger partial charge in [-0.25, -0.2) is 14.0 Å². The van der Waals surface area contributed by atoms with Gasteiger partial charge in [0.25, 0.3) is 5.56 Å². The molecule has 0 bridgehead atoms. The minimum atomic E-state index is -5.08. The normalized spacial score (nSPS) is 11.8. The highest BCUT2D eigenvalue weighted by molar-refractivity contribution is 5.73. The Hall–Kier alpha value is -4.58. The maximum absolute atomic E-state index is 14.7. The molecule has 0 amide bonds. The molecule has 0 unspecified atom stereocenters. The number of pyridine rings is 1. The SMILES string of the molecule is Cc1c(-c2ccccc2F)c(=O)n(C[C@H](N)c2ccccc2)c(=O)n1Cc1ccccn1.O=C(O)C(F)(F)F. The number of nitrogens with zero attached hydrogens (tertiary/aromatic N) is 3. The number of aromatic nitrogens is 3. The zero-order valence-corrected chi connectivity index (χ0v) is 20.6. The second kappa shape index (κ2) is 12.3. The zero-order chi connectivity index (χ0) is 28.7. The summed E-state index contributed by atoms with van der Waals surface area (Å²) in [5.41, 5.74) is 7.35. The van der Waals surface area contributed by atoms with Crippen molar-refractivity contribution < 1.29 is 27.5 Å². The summed E-state index contributed by atoms with van der Waals surface area (Å²) in [6.07, 6.45) is -3.45. The second-order valence-electron chi connectivity index (χ2n) is 8.37. The lowest BCUT2D eigenvalue weighted by atomic mass is 10.0. The lowest BCUT2D eigenvalue weighted by Gasteiger charge is -2.20. The first-order chi connectivity index (χ1) is 18.4. The van der Waals surface area contributed by atoms with Crippen molar-refractivity contribution in [2.75, 3.05) is 0 Å². The Kier molecular flexibility index (Phi) is 9.15. The van der Waals surface area contributed by atoms with E-state index in [1.54, 1.807) is 37.4 Å². The van der Waals surface area contributed by atoms with Crippen molar-refractivity contribution in [1.29, 1.82) is 0 Å². The van der Waals surface area contributed by atoms with Crippen LogP contribution in [0.3, 0.4) is 0 Å². The van der Waals surface area contributed by atoms with E-state index >= 15 is 0 Å². The van der Waals surface area contributed by atoms with Gasteiger partial charge in [-0.3, -0.25) is 18.9 Å². The van der Waals surface area contributed by atoms with Crippen LogP contribution in [0, 0.1) is 12.7 Å². The molecule has 1 atom stereocenters. The Morgan fingerprint density at radius 2 is 1.56 bits per heavy atom. The van der Waals surface area contributed by atoms with Gasteiger partial charge < -0.3 is 10.8 Å². The summed E-state index contributed by atoms with van der Waals surface area (Å²) in [5.74, 6) is -3.29. The molecule has 12 heteroatoms. The third kappa shape index (κ3) is 7.05. The molecule has 0 aliphatic heterocycles. The van der Waals surface area contributed by atoms with Crippen molar-refractivity contribution in [2.45, 2.75) is 32.2 Å².